The van der Waals surface area contributed by atoms with Crippen molar-refractivity contribution in [1.29, 1.82) is 0 Å². The molecule has 0 aliphatic heterocycles. The van der Waals surface area contributed by atoms with Gasteiger partial charge in [0, 0.05) is 30.3 Å². The Kier molecular flexibility index (Phi) is 5.77. The fourth-order valence-corrected chi connectivity index (χ4v) is 1.84. The van der Waals surface area contributed by atoms with Crippen LogP contribution in [0, 0.1) is 5.92 Å². The van der Waals surface area contributed by atoms with E-state index >= 15 is 0 Å². The molecule has 1 heterocycles. The van der Waals surface area contributed by atoms with Gasteiger partial charge in [0.25, 0.3) is 5.91 Å². The molecule has 0 saturated carbocycles. The molecule has 4 nitrogen and oxygen atoms in total. The Bertz CT molecular complexity index is 417. The molecular weight excluding hydrogens is 240 g/mol. The summed E-state index contributed by atoms with van der Waals surface area (Å²) >= 11 is 5.67. The Labute approximate surface area is 105 Å². The maximum Gasteiger partial charge on any atom is 0.251 e. The number of hydrogen-bond acceptors (Lipinski definition) is 2. The Hall–Kier alpha value is -1.29. The first kappa shape index (κ1) is 13.8. The lowest BCUT2D eigenvalue weighted by molar-refractivity contribution is 0.0946. The molecule has 0 aliphatic carbocycles. The third-order valence-electron chi connectivity index (χ3n) is 2.68. The summed E-state index contributed by atoms with van der Waals surface area (Å²) in [5.41, 5.74) is 0.111. The first-order valence-corrected chi connectivity index (χ1v) is 6.23. The van der Waals surface area contributed by atoms with Crippen LogP contribution in [0.15, 0.2) is 23.1 Å². The molecule has 0 aromatic carbocycles. The molecule has 2 N–H and O–H groups in total. The molecule has 1 amide bonds. The highest BCUT2D eigenvalue weighted by Crippen LogP contribution is 2.08. The van der Waals surface area contributed by atoms with E-state index in [0.717, 1.165) is 12.8 Å². The van der Waals surface area contributed by atoms with E-state index in [1.54, 1.807) is 6.07 Å². The van der Waals surface area contributed by atoms with Crippen molar-refractivity contribution in [1.82, 2.24) is 10.3 Å². The summed E-state index contributed by atoms with van der Waals surface area (Å²) in [6, 6.07) is 2.87. The number of carbonyl (C=O) groups is 1. The van der Waals surface area contributed by atoms with E-state index in [1.807, 2.05) is 0 Å². The lowest BCUT2D eigenvalue weighted by Crippen LogP contribution is -2.30. The summed E-state index contributed by atoms with van der Waals surface area (Å²) in [5.74, 6) is 0.766. The van der Waals surface area contributed by atoms with Crippen LogP contribution >= 0.6 is 11.6 Å². The average Bonchev–Trinajstić information content (AvgIpc) is 2.34. The fourth-order valence-electron chi connectivity index (χ4n) is 1.53. The Morgan fingerprint density at radius 1 is 1.59 bits per heavy atom. The molecule has 0 bridgehead atoms. The minimum Gasteiger partial charge on any atom is -0.352 e. The van der Waals surface area contributed by atoms with E-state index in [2.05, 4.69) is 17.2 Å². The van der Waals surface area contributed by atoms with Crippen LogP contribution < -0.4 is 10.9 Å². The summed E-state index contributed by atoms with van der Waals surface area (Å²) in [7, 11) is 0. The van der Waals surface area contributed by atoms with Crippen LogP contribution in [0.4, 0.5) is 0 Å². The first-order valence-electron chi connectivity index (χ1n) is 5.70. The molecule has 1 atom stereocenters. The molecule has 0 radical (unpaired) electrons. The number of hydrogen-bond donors (Lipinski definition) is 2. The van der Waals surface area contributed by atoms with Gasteiger partial charge >= 0.3 is 0 Å². The average molecular weight is 257 g/mol. The van der Waals surface area contributed by atoms with Crippen molar-refractivity contribution in [3.63, 3.8) is 0 Å². The number of halogens is 1. The lowest BCUT2D eigenvalue weighted by Gasteiger charge is -2.13. The van der Waals surface area contributed by atoms with E-state index < -0.39 is 0 Å². The van der Waals surface area contributed by atoms with Crippen LogP contribution in [0.3, 0.4) is 0 Å². The van der Waals surface area contributed by atoms with E-state index in [0.29, 0.717) is 23.9 Å². The van der Waals surface area contributed by atoms with Crippen molar-refractivity contribution in [2.75, 3.05) is 12.4 Å². The van der Waals surface area contributed by atoms with Crippen LogP contribution in [0.1, 0.15) is 30.1 Å². The van der Waals surface area contributed by atoms with Gasteiger partial charge in [-0.25, -0.2) is 0 Å². The minimum absolute atomic E-state index is 0.218. The van der Waals surface area contributed by atoms with Gasteiger partial charge in [-0.05, 0) is 18.4 Å². The first-order chi connectivity index (χ1) is 8.17. The topological polar surface area (TPSA) is 62.0 Å². The molecule has 1 rings (SSSR count). The van der Waals surface area contributed by atoms with Crippen LogP contribution in [-0.4, -0.2) is 23.3 Å². The van der Waals surface area contributed by atoms with Crippen molar-refractivity contribution in [3.05, 3.63) is 34.2 Å². The standard InChI is InChI=1S/C12H17ClN2O2/c1-2-9(3-5-13)8-15-12(17)10-4-6-14-11(16)7-10/h4,6-7,9H,2-3,5,8H2,1H3,(H,14,16)(H,15,17). The zero-order valence-corrected chi connectivity index (χ0v) is 10.6. The van der Waals surface area contributed by atoms with Gasteiger partial charge in [0.15, 0.2) is 0 Å². The van der Waals surface area contributed by atoms with Crippen LogP contribution in [0.2, 0.25) is 0 Å². The Morgan fingerprint density at radius 3 is 2.94 bits per heavy atom. The predicted molar refractivity (Wildman–Crippen MR) is 68.5 cm³/mol. The summed E-state index contributed by atoms with van der Waals surface area (Å²) in [4.78, 5) is 25.2. The van der Waals surface area contributed by atoms with Crippen LogP contribution in [0.25, 0.3) is 0 Å². The van der Waals surface area contributed by atoms with Gasteiger partial charge in [0.2, 0.25) is 5.56 Å². The monoisotopic (exact) mass is 256 g/mol. The van der Waals surface area contributed by atoms with Gasteiger partial charge in [-0.1, -0.05) is 13.3 Å². The molecule has 0 spiro atoms. The largest absolute Gasteiger partial charge is 0.352 e. The Balaban J connectivity index is 2.52. The highest BCUT2D eigenvalue weighted by Gasteiger charge is 2.09. The molecule has 1 unspecified atom stereocenters. The second-order valence-electron chi connectivity index (χ2n) is 3.90. The van der Waals surface area contributed by atoms with Crippen molar-refractivity contribution in [3.8, 4) is 0 Å². The minimum atomic E-state index is -0.273. The number of carbonyl (C=O) groups excluding carboxylic acids is 1. The number of rotatable bonds is 6. The van der Waals surface area contributed by atoms with Gasteiger partial charge in [-0.2, -0.15) is 0 Å². The molecule has 1 aromatic heterocycles. The summed E-state index contributed by atoms with van der Waals surface area (Å²) in [6.07, 6.45) is 3.32. The fraction of sp³-hybridized carbons (Fsp3) is 0.500. The van der Waals surface area contributed by atoms with Crippen LogP contribution in [0.5, 0.6) is 0 Å². The number of alkyl halides is 1. The number of amides is 1. The number of pyridine rings is 1. The van der Waals surface area contributed by atoms with E-state index in [1.165, 1.54) is 12.3 Å². The quantitative estimate of drug-likeness (QED) is 0.762. The van der Waals surface area contributed by atoms with Gasteiger partial charge in [0.05, 0.1) is 0 Å². The zero-order valence-electron chi connectivity index (χ0n) is 9.83. The highest BCUT2D eigenvalue weighted by atomic mass is 35.5. The van der Waals surface area contributed by atoms with E-state index in [4.69, 9.17) is 11.6 Å². The maximum absolute atomic E-state index is 11.7. The molecule has 1 aromatic rings. The second-order valence-corrected chi connectivity index (χ2v) is 4.28. The van der Waals surface area contributed by atoms with Gasteiger partial charge in [-0.15, -0.1) is 11.6 Å². The molecule has 0 aliphatic rings. The third kappa shape index (κ3) is 4.61. The maximum atomic E-state index is 11.7. The van der Waals surface area contributed by atoms with Gasteiger partial charge < -0.3 is 10.3 Å². The predicted octanol–water partition coefficient (Wildman–Crippen LogP) is 1.76. The third-order valence-corrected chi connectivity index (χ3v) is 2.90. The van der Waals surface area contributed by atoms with Crippen molar-refractivity contribution in [2.45, 2.75) is 19.8 Å². The lowest BCUT2D eigenvalue weighted by atomic mass is 10.0. The number of H-pyrrole nitrogens is 1. The molecule has 17 heavy (non-hydrogen) atoms. The second kappa shape index (κ2) is 7.12. The normalized spacial score (nSPS) is 12.1. The smallest absolute Gasteiger partial charge is 0.251 e. The summed E-state index contributed by atoms with van der Waals surface area (Å²) in [5, 5.41) is 2.81. The summed E-state index contributed by atoms with van der Waals surface area (Å²) in [6.45, 7) is 2.66. The van der Waals surface area contributed by atoms with Gasteiger partial charge in [-0.3, -0.25) is 9.59 Å². The molecule has 94 valence electrons. The molecular formula is C12H17ClN2O2. The number of nitrogens with one attached hydrogen (secondary N) is 2. The van der Waals surface area contributed by atoms with Gasteiger partial charge in [0.1, 0.15) is 0 Å². The number of aromatic nitrogens is 1. The summed E-state index contributed by atoms with van der Waals surface area (Å²) < 4.78 is 0. The van der Waals surface area contributed by atoms with Crippen molar-refractivity contribution >= 4 is 17.5 Å². The highest BCUT2D eigenvalue weighted by molar-refractivity contribution is 6.17. The van der Waals surface area contributed by atoms with E-state index in [-0.39, 0.29) is 11.5 Å². The van der Waals surface area contributed by atoms with Crippen molar-refractivity contribution in [2.24, 2.45) is 5.92 Å². The SMILES string of the molecule is CCC(CCCl)CNC(=O)c1cc[nH]c(=O)c1. The molecule has 0 saturated heterocycles. The van der Waals surface area contributed by atoms with Crippen molar-refractivity contribution < 1.29 is 4.79 Å². The molecule has 5 heteroatoms. The number of aromatic amines is 1. The Morgan fingerprint density at radius 2 is 2.35 bits per heavy atom. The zero-order chi connectivity index (χ0) is 12.7. The van der Waals surface area contributed by atoms with E-state index in [9.17, 15) is 9.59 Å². The molecule has 0 fully saturated rings. The van der Waals surface area contributed by atoms with Crippen LogP contribution in [-0.2, 0) is 0 Å².